The van der Waals surface area contributed by atoms with E-state index in [9.17, 15) is 20.4 Å². The minimum atomic E-state index is -1.18. The summed E-state index contributed by atoms with van der Waals surface area (Å²) < 4.78 is 5.51. The average molecular weight is 390 g/mol. The first-order valence-electron chi connectivity index (χ1n) is 8.93. The zero-order valence-corrected chi connectivity index (χ0v) is 15.2. The van der Waals surface area contributed by atoms with E-state index >= 15 is 0 Å². The monoisotopic (exact) mass is 390 g/mol. The molecule has 29 heavy (non-hydrogen) atoms. The largest absolute Gasteiger partial charge is 0.508 e. The molecule has 0 spiro atoms. The number of para-hydroxylation sites is 1. The highest BCUT2D eigenvalue weighted by molar-refractivity contribution is 5.85. The van der Waals surface area contributed by atoms with Gasteiger partial charge in [0.1, 0.15) is 29.0 Å². The molecule has 3 aromatic rings. The SMILES string of the molecule is Oc1ccc(-c2noc(-c3ccccc3O)c2C(O)C2=CCC=CN=C2)c(O)c1. The molecular formula is C22H18N2O5. The molecule has 1 aliphatic heterocycles. The maximum absolute atomic E-state index is 11.2. The van der Waals surface area contributed by atoms with Crippen LogP contribution >= 0.6 is 0 Å². The predicted molar refractivity (Wildman–Crippen MR) is 108 cm³/mol. The highest BCUT2D eigenvalue weighted by atomic mass is 16.5. The summed E-state index contributed by atoms with van der Waals surface area (Å²) in [5, 5.41) is 45.4. The third-order valence-corrected chi connectivity index (χ3v) is 4.61. The molecular weight excluding hydrogens is 372 g/mol. The molecule has 1 aromatic heterocycles. The van der Waals surface area contributed by atoms with Crippen LogP contribution in [0.3, 0.4) is 0 Å². The molecule has 0 saturated heterocycles. The van der Waals surface area contributed by atoms with Crippen molar-refractivity contribution < 1.29 is 24.9 Å². The van der Waals surface area contributed by atoms with Crippen LogP contribution in [0.25, 0.3) is 22.6 Å². The van der Waals surface area contributed by atoms with E-state index in [-0.39, 0.29) is 39.8 Å². The van der Waals surface area contributed by atoms with Crippen molar-refractivity contribution in [3.05, 3.63) is 72.0 Å². The summed E-state index contributed by atoms with van der Waals surface area (Å²) >= 11 is 0. The van der Waals surface area contributed by atoms with Crippen molar-refractivity contribution in [2.24, 2.45) is 4.99 Å². The number of phenols is 3. The molecule has 1 atom stereocenters. The van der Waals surface area contributed by atoms with Crippen LogP contribution < -0.4 is 0 Å². The summed E-state index contributed by atoms with van der Waals surface area (Å²) in [7, 11) is 0. The second-order valence-corrected chi connectivity index (χ2v) is 6.50. The van der Waals surface area contributed by atoms with E-state index in [0.29, 0.717) is 17.6 Å². The predicted octanol–water partition coefficient (Wildman–Crippen LogP) is 4.07. The molecule has 0 fully saturated rings. The summed E-state index contributed by atoms with van der Waals surface area (Å²) in [5.41, 5.74) is 1.61. The van der Waals surface area contributed by atoms with Crippen LogP contribution in [0.1, 0.15) is 18.1 Å². The Labute approximate surface area is 166 Å². The Morgan fingerprint density at radius 1 is 0.966 bits per heavy atom. The van der Waals surface area contributed by atoms with Gasteiger partial charge in [-0.15, -0.1) is 0 Å². The van der Waals surface area contributed by atoms with Crippen molar-refractivity contribution in [2.75, 3.05) is 0 Å². The fourth-order valence-electron chi connectivity index (χ4n) is 3.18. The lowest BCUT2D eigenvalue weighted by molar-refractivity contribution is 0.222. The quantitative estimate of drug-likeness (QED) is 0.533. The Morgan fingerprint density at radius 3 is 2.59 bits per heavy atom. The van der Waals surface area contributed by atoms with Gasteiger partial charge in [0.15, 0.2) is 5.76 Å². The van der Waals surface area contributed by atoms with Crippen LogP contribution in [-0.2, 0) is 0 Å². The number of rotatable bonds is 4. The highest BCUT2D eigenvalue weighted by Gasteiger charge is 2.29. The molecule has 146 valence electrons. The van der Waals surface area contributed by atoms with Gasteiger partial charge in [0.2, 0.25) is 0 Å². The second-order valence-electron chi connectivity index (χ2n) is 6.50. The molecule has 4 N–H and O–H groups in total. The van der Waals surface area contributed by atoms with Gasteiger partial charge in [0.05, 0.1) is 11.1 Å². The molecule has 7 heteroatoms. The number of aromatic nitrogens is 1. The molecule has 0 bridgehead atoms. The first kappa shape index (κ1) is 18.5. The van der Waals surface area contributed by atoms with Crippen molar-refractivity contribution in [1.82, 2.24) is 5.16 Å². The number of hydrogen-bond acceptors (Lipinski definition) is 7. The fraction of sp³-hybridized carbons (Fsp3) is 0.0909. The topological polar surface area (TPSA) is 119 Å². The van der Waals surface area contributed by atoms with Crippen LogP contribution in [0, 0.1) is 0 Å². The van der Waals surface area contributed by atoms with Crippen LogP contribution in [0.4, 0.5) is 0 Å². The fourth-order valence-corrected chi connectivity index (χ4v) is 3.18. The number of aliphatic hydroxyl groups is 1. The van der Waals surface area contributed by atoms with Crippen molar-refractivity contribution in [3.8, 4) is 39.8 Å². The Balaban J connectivity index is 1.93. The van der Waals surface area contributed by atoms with Gasteiger partial charge in [-0.05, 0) is 36.3 Å². The van der Waals surface area contributed by atoms with Gasteiger partial charge < -0.3 is 24.9 Å². The average Bonchev–Trinajstić information content (AvgIpc) is 2.94. The molecule has 1 aliphatic rings. The third kappa shape index (κ3) is 3.51. The van der Waals surface area contributed by atoms with Crippen LogP contribution in [0.2, 0.25) is 0 Å². The van der Waals surface area contributed by atoms with E-state index in [1.165, 1.54) is 30.5 Å². The molecule has 0 aliphatic carbocycles. The summed E-state index contributed by atoms with van der Waals surface area (Å²) in [4.78, 5) is 4.12. The van der Waals surface area contributed by atoms with Gasteiger partial charge in [-0.3, -0.25) is 4.99 Å². The third-order valence-electron chi connectivity index (χ3n) is 4.61. The van der Waals surface area contributed by atoms with Crippen LogP contribution in [-0.4, -0.2) is 31.8 Å². The van der Waals surface area contributed by atoms with Gasteiger partial charge in [-0.25, -0.2) is 0 Å². The maximum Gasteiger partial charge on any atom is 0.177 e. The molecule has 0 saturated carbocycles. The first-order chi connectivity index (χ1) is 14.1. The van der Waals surface area contributed by atoms with E-state index in [1.807, 2.05) is 12.2 Å². The number of nitrogens with zero attached hydrogens (tertiary/aromatic N) is 2. The summed E-state index contributed by atoms with van der Waals surface area (Å²) in [5.74, 6) is -0.198. The van der Waals surface area contributed by atoms with Crippen LogP contribution in [0.5, 0.6) is 17.2 Å². The van der Waals surface area contributed by atoms with Crippen molar-refractivity contribution in [1.29, 1.82) is 0 Å². The first-order valence-corrected chi connectivity index (χ1v) is 8.93. The van der Waals surface area contributed by atoms with Crippen molar-refractivity contribution >= 4 is 6.21 Å². The van der Waals surface area contributed by atoms with E-state index in [0.717, 1.165) is 0 Å². The minimum absolute atomic E-state index is 0.0382. The lowest BCUT2D eigenvalue weighted by Gasteiger charge is -2.14. The Kier molecular flexibility index (Phi) is 4.88. The van der Waals surface area contributed by atoms with Gasteiger partial charge in [0.25, 0.3) is 0 Å². The maximum atomic E-state index is 11.2. The molecule has 2 heterocycles. The van der Waals surface area contributed by atoms with E-state index in [4.69, 9.17) is 4.52 Å². The number of phenolic OH excluding ortho intramolecular Hbond substituents is 3. The Morgan fingerprint density at radius 2 is 1.79 bits per heavy atom. The molecule has 0 amide bonds. The lowest BCUT2D eigenvalue weighted by atomic mass is 9.93. The molecule has 2 aromatic carbocycles. The van der Waals surface area contributed by atoms with Gasteiger partial charge in [-0.2, -0.15) is 0 Å². The Hall–Kier alpha value is -3.84. The second kappa shape index (κ2) is 7.65. The number of allylic oxidation sites excluding steroid dienone is 2. The lowest BCUT2D eigenvalue weighted by Crippen LogP contribution is -2.05. The van der Waals surface area contributed by atoms with Gasteiger partial charge >= 0.3 is 0 Å². The molecule has 4 rings (SSSR count). The standard InChI is InChI=1S/C22H18N2O5/c25-14-8-9-15(18(27)11-14)20-19(21(28)13-5-3-4-10-23-12-13)22(29-24-20)16-6-1-2-7-17(16)26/h1-2,4-12,21,25-28H,3H2. The Bertz CT molecular complexity index is 1140. The highest BCUT2D eigenvalue weighted by Crippen LogP contribution is 2.44. The number of aromatic hydroxyl groups is 3. The van der Waals surface area contributed by atoms with E-state index in [1.54, 1.807) is 24.4 Å². The smallest absolute Gasteiger partial charge is 0.177 e. The summed E-state index contributed by atoms with van der Waals surface area (Å²) in [6.07, 6.45) is 6.25. The molecule has 7 nitrogen and oxygen atoms in total. The number of hydrogen-bond donors (Lipinski definition) is 4. The summed E-state index contributed by atoms with van der Waals surface area (Å²) in [6.45, 7) is 0. The number of aliphatic imine (C=N–C) groups is 1. The van der Waals surface area contributed by atoms with Crippen molar-refractivity contribution in [2.45, 2.75) is 12.5 Å². The van der Waals surface area contributed by atoms with Crippen molar-refractivity contribution in [3.63, 3.8) is 0 Å². The molecule has 0 radical (unpaired) electrons. The zero-order chi connectivity index (χ0) is 20.4. The van der Waals surface area contributed by atoms with Crippen LogP contribution in [0.15, 0.2) is 75.9 Å². The van der Waals surface area contributed by atoms with Gasteiger partial charge in [-0.1, -0.05) is 29.4 Å². The molecule has 1 unspecified atom stereocenters. The van der Waals surface area contributed by atoms with Gasteiger partial charge in [0, 0.05) is 24.0 Å². The van der Waals surface area contributed by atoms with E-state index in [2.05, 4.69) is 10.1 Å². The minimum Gasteiger partial charge on any atom is -0.508 e. The zero-order valence-electron chi connectivity index (χ0n) is 15.2. The number of benzene rings is 2. The normalized spacial score (nSPS) is 14.4. The van der Waals surface area contributed by atoms with E-state index < -0.39 is 6.10 Å². The number of aliphatic hydroxyl groups excluding tert-OH is 1. The summed E-state index contributed by atoms with van der Waals surface area (Å²) in [6, 6.07) is 10.6.